The van der Waals surface area contributed by atoms with Crippen LogP contribution in [0, 0.1) is 24.7 Å². The number of nitrogens with one attached hydrogen (secondary N) is 1. The number of aliphatic hydroxyl groups is 2. The van der Waals surface area contributed by atoms with Gasteiger partial charge in [-0.1, -0.05) is 11.8 Å². The van der Waals surface area contributed by atoms with Gasteiger partial charge in [-0.15, -0.1) is 12.8 Å². The van der Waals surface area contributed by atoms with Gasteiger partial charge in [0.1, 0.15) is 11.2 Å². The van der Waals surface area contributed by atoms with Crippen molar-refractivity contribution in [1.82, 2.24) is 10.2 Å². The van der Waals surface area contributed by atoms with Crippen LogP contribution in [0.15, 0.2) is 0 Å². The topological polar surface area (TPSA) is 72.8 Å². The van der Waals surface area contributed by atoms with Crippen molar-refractivity contribution in [2.24, 2.45) is 0 Å². The van der Waals surface area contributed by atoms with Gasteiger partial charge in [-0.25, -0.2) is 0 Å². The number of amides is 1. The van der Waals surface area contributed by atoms with Gasteiger partial charge < -0.3 is 20.4 Å². The Kier molecular flexibility index (Phi) is 6.23. The fraction of sp³-hybridized carbons (Fsp3) is 0.688. The molecule has 0 aromatic heterocycles. The fourth-order valence-electron chi connectivity index (χ4n) is 2.32. The van der Waals surface area contributed by atoms with E-state index in [1.165, 1.54) is 6.92 Å². The first-order valence-electron chi connectivity index (χ1n) is 7.21. The standard InChI is InChI=1S/C9H13NO2.C7H11NO.39H2/c1-3-9(12)4-6-10(7-5-9)8(2)11;1-2-7(9)3-5-8-6-4-7;;;;;;;;;;;;;;;;;;;;;;;;;;;;;;;;;;;;;;;/h1,12H,4-7H2,2H3;1,8-9H,3-6H2;39*1H. The Morgan fingerprint density at radius 1 is 1.10 bits per heavy atom. The summed E-state index contributed by atoms with van der Waals surface area (Å²) in [6.45, 7) is 4.33. The zero-order chi connectivity index (χ0) is 15.9. The van der Waals surface area contributed by atoms with Gasteiger partial charge in [-0.3, -0.25) is 4.79 Å². The normalized spacial score (nSPS) is 23.0. The molecule has 2 fully saturated rings. The molecule has 21 heavy (non-hydrogen) atoms. The smallest absolute Gasteiger partial charge is 0.219 e. The van der Waals surface area contributed by atoms with E-state index in [1.807, 2.05) is 0 Å². The lowest BCUT2D eigenvalue weighted by Gasteiger charge is -2.34. The Morgan fingerprint density at radius 2 is 1.52 bits per heavy atom. The number of nitrogens with zero attached hydrogens (tertiary/aromatic N) is 1. The van der Waals surface area contributed by atoms with Crippen molar-refractivity contribution < 1.29 is 70.6 Å². The van der Waals surface area contributed by atoms with E-state index in [2.05, 4.69) is 17.2 Å². The number of carbonyl (C=O) groups is 1. The van der Waals surface area contributed by atoms with E-state index in [9.17, 15) is 15.0 Å². The molecule has 194 valence electrons. The Hall–Kier alpha value is -1.53. The Balaban J connectivity index is -0.00000000242. The summed E-state index contributed by atoms with van der Waals surface area (Å²) in [7, 11) is 0. The number of hydrogen-bond acceptors (Lipinski definition) is 4. The lowest BCUT2D eigenvalue weighted by atomic mass is 9.92. The third kappa shape index (κ3) is 5.40. The highest BCUT2D eigenvalue weighted by molar-refractivity contribution is 5.73. The number of hydrogen-bond donors (Lipinski definition) is 3. The van der Waals surface area contributed by atoms with Crippen molar-refractivity contribution in [3.63, 3.8) is 0 Å². The van der Waals surface area contributed by atoms with E-state index in [4.69, 9.17) is 12.8 Å². The molecule has 1 amide bonds. The van der Waals surface area contributed by atoms with Crippen LogP contribution < -0.4 is 5.32 Å². The van der Waals surface area contributed by atoms with E-state index in [0.717, 1.165) is 13.1 Å². The first kappa shape index (κ1) is 17.5. The quantitative estimate of drug-likeness (QED) is 0.371. The SMILES string of the molecule is C#CC1(O)CCN(C(C)=O)CC1.C#CC1(O)CCNCC1.[HH].[HH].[HH].[HH].[HH].[HH].[HH].[HH].[HH].[HH].[HH].[HH].[HH].[HH].[HH].[HH].[HH].[HH].[HH].[HH].[HH].[HH].[HH].[HH].[HH].[HH].[HH].[HH].[HH].[HH].[HH].[HH].[HH].[HH].[HH].[HH].[HH].[HH].[HH]. The zero-order valence-corrected chi connectivity index (χ0v) is 12.6. The molecule has 0 aromatic rings. The van der Waals surface area contributed by atoms with E-state index in [-0.39, 0.29) is 61.5 Å². The number of rotatable bonds is 0. The molecular formula is C16H102N2O3. The maximum atomic E-state index is 10.9. The fourth-order valence-corrected chi connectivity index (χ4v) is 2.32. The summed E-state index contributed by atoms with van der Waals surface area (Å²) < 4.78 is 0. The van der Waals surface area contributed by atoms with E-state index < -0.39 is 11.2 Å². The molecule has 3 N–H and O–H groups in total. The second-order valence-electron chi connectivity index (χ2n) is 5.61. The van der Waals surface area contributed by atoms with Crippen molar-refractivity contribution in [1.29, 1.82) is 0 Å². The molecule has 0 aliphatic carbocycles. The van der Waals surface area contributed by atoms with Crippen molar-refractivity contribution in [2.45, 2.75) is 43.8 Å². The number of terminal acetylenes is 2. The maximum absolute atomic E-state index is 10.9. The summed E-state index contributed by atoms with van der Waals surface area (Å²) >= 11 is 0. The second-order valence-corrected chi connectivity index (χ2v) is 5.61. The molecule has 2 aliphatic rings. The van der Waals surface area contributed by atoms with Crippen LogP contribution in [0.4, 0.5) is 0 Å². The maximum Gasteiger partial charge on any atom is 0.219 e. The Labute approximate surface area is 184 Å². The molecule has 2 saturated heterocycles. The Bertz CT molecular complexity index is 489. The van der Waals surface area contributed by atoms with Crippen LogP contribution in [-0.4, -0.2) is 58.4 Å². The highest BCUT2D eigenvalue weighted by Gasteiger charge is 2.30. The van der Waals surface area contributed by atoms with Gasteiger partial charge in [0.15, 0.2) is 0 Å². The summed E-state index contributed by atoms with van der Waals surface area (Å²) in [5, 5.41) is 22.1. The minimum atomic E-state index is -0.980. The predicted molar refractivity (Wildman–Crippen MR) is 164 cm³/mol. The minimum Gasteiger partial charge on any atom is -0.378 e. The number of piperidine rings is 2. The molecule has 0 unspecified atom stereocenters. The van der Waals surface area contributed by atoms with Gasteiger partial charge >= 0.3 is 0 Å². The average molecular weight is 371 g/mol. The van der Waals surface area contributed by atoms with Gasteiger partial charge in [-0.05, 0) is 25.9 Å². The molecule has 0 aromatic carbocycles. The zero-order valence-electron chi connectivity index (χ0n) is 12.6. The molecule has 0 bridgehead atoms. The summed E-state index contributed by atoms with van der Waals surface area (Å²) in [4.78, 5) is 12.6. The molecule has 2 aliphatic heterocycles. The monoisotopic (exact) mass is 371 g/mol. The van der Waals surface area contributed by atoms with Crippen LogP contribution in [0.2, 0.25) is 0 Å². The second kappa shape index (κ2) is 7.47. The van der Waals surface area contributed by atoms with Crippen LogP contribution in [0.3, 0.4) is 0 Å². The molecule has 2 heterocycles. The summed E-state index contributed by atoms with van der Waals surface area (Å²) in [6, 6.07) is 0. The highest BCUT2D eigenvalue weighted by Crippen LogP contribution is 2.20. The van der Waals surface area contributed by atoms with E-state index in [1.54, 1.807) is 4.90 Å². The molecule has 0 saturated carbocycles. The third-order valence-corrected chi connectivity index (χ3v) is 4.00. The Morgan fingerprint density at radius 3 is 1.86 bits per heavy atom. The molecule has 5 nitrogen and oxygen atoms in total. The van der Waals surface area contributed by atoms with Crippen LogP contribution in [-0.2, 0) is 4.79 Å². The molecule has 0 radical (unpaired) electrons. The van der Waals surface area contributed by atoms with Gasteiger partial charge in [0.2, 0.25) is 5.91 Å². The lowest BCUT2D eigenvalue weighted by molar-refractivity contribution is -0.131. The lowest BCUT2D eigenvalue weighted by Crippen LogP contribution is -2.45. The average Bonchev–Trinajstić information content (AvgIpc) is 2.49. The van der Waals surface area contributed by atoms with Crippen LogP contribution in [0.25, 0.3) is 0 Å². The van der Waals surface area contributed by atoms with Gasteiger partial charge in [-0.2, -0.15) is 0 Å². The van der Waals surface area contributed by atoms with Crippen LogP contribution >= 0.6 is 0 Å². The van der Waals surface area contributed by atoms with Crippen LogP contribution in [0.5, 0.6) is 0 Å². The van der Waals surface area contributed by atoms with Crippen molar-refractivity contribution >= 4 is 5.91 Å². The van der Waals surface area contributed by atoms with Crippen LogP contribution in [0.1, 0.15) is 88.2 Å². The van der Waals surface area contributed by atoms with Crippen molar-refractivity contribution in [3.05, 3.63) is 0 Å². The third-order valence-electron chi connectivity index (χ3n) is 4.00. The summed E-state index contributed by atoms with van der Waals surface area (Å²) in [5.41, 5.74) is -1.79. The molecule has 0 spiro atoms. The van der Waals surface area contributed by atoms with Crippen molar-refractivity contribution in [2.75, 3.05) is 26.2 Å². The highest BCUT2D eigenvalue weighted by atomic mass is 16.3. The largest absolute Gasteiger partial charge is 0.378 e. The molecule has 5 heteroatoms. The van der Waals surface area contributed by atoms with Crippen molar-refractivity contribution in [3.8, 4) is 24.7 Å². The summed E-state index contributed by atoms with van der Waals surface area (Å²) in [6.07, 6.45) is 12.6. The molecular weight excluding hydrogens is 268 g/mol. The first-order valence-corrected chi connectivity index (χ1v) is 7.21. The number of carbonyl (C=O) groups excluding carboxylic acids is 1. The predicted octanol–water partition coefficient (Wildman–Crippen LogP) is 9.32. The minimum absolute atomic E-state index is 0. The van der Waals surface area contributed by atoms with Gasteiger partial charge in [0.05, 0.1) is 0 Å². The molecule has 2 rings (SSSR count). The van der Waals surface area contributed by atoms with E-state index in [0.29, 0.717) is 38.8 Å². The van der Waals surface area contributed by atoms with E-state index >= 15 is 0 Å². The summed E-state index contributed by atoms with van der Waals surface area (Å²) in [5.74, 6) is 4.80. The van der Waals surface area contributed by atoms with Gasteiger partial charge in [0, 0.05) is 88.5 Å². The molecule has 0 atom stereocenters. The van der Waals surface area contributed by atoms with Gasteiger partial charge in [0.25, 0.3) is 0 Å². The first-order chi connectivity index (χ1) is 9.84. The number of likely N-dealkylation sites (tertiary alicyclic amines) is 1.